The molecule has 0 unspecified atom stereocenters. The Labute approximate surface area is 113 Å². The Morgan fingerprint density at radius 3 is 2.95 bits per heavy atom. The fourth-order valence-electron chi connectivity index (χ4n) is 1.57. The van der Waals surface area contributed by atoms with Gasteiger partial charge in [0.2, 0.25) is 11.9 Å². The molecule has 0 fully saturated rings. The highest BCUT2D eigenvalue weighted by molar-refractivity contribution is 7.99. The van der Waals surface area contributed by atoms with Crippen molar-refractivity contribution in [2.75, 3.05) is 5.75 Å². The van der Waals surface area contributed by atoms with Crippen LogP contribution in [0, 0.1) is 5.95 Å². The SMILES string of the molecule is CCn1c(SCC(N)=O)nnc1-c1ccnc(F)c1. The maximum atomic E-state index is 13.1. The summed E-state index contributed by atoms with van der Waals surface area (Å²) in [6.07, 6.45) is 1.37. The van der Waals surface area contributed by atoms with Crippen LogP contribution in [0.1, 0.15) is 6.92 Å². The Hall–Kier alpha value is -1.96. The molecule has 0 saturated heterocycles. The fraction of sp³-hybridized carbons (Fsp3) is 0.273. The van der Waals surface area contributed by atoms with E-state index >= 15 is 0 Å². The van der Waals surface area contributed by atoms with Crippen molar-refractivity contribution < 1.29 is 9.18 Å². The number of amides is 1. The topological polar surface area (TPSA) is 86.7 Å². The molecule has 0 spiro atoms. The molecule has 2 aromatic rings. The Morgan fingerprint density at radius 2 is 2.32 bits per heavy atom. The maximum Gasteiger partial charge on any atom is 0.227 e. The molecule has 100 valence electrons. The molecule has 0 radical (unpaired) electrons. The van der Waals surface area contributed by atoms with Crippen LogP contribution in [-0.4, -0.2) is 31.4 Å². The van der Waals surface area contributed by atoms with Crippen LogP contribution in [0.2, 0.25) is 0 Å². The van der Waals surface area contributed by atoms with Gasteiger partial charge < -0.3 is 10.3 Å². The third-order valence-electron chi connectivity index (χ3n) is 2.36. The maximum absolute atomic E-state index is 13.1. The van der Waals surface area contributed by atoms with E-state index in [1.54, 1.807) is 10.6 Å². The van der Waals surface area contributed by atoms with Crippen molar-refractivity contribution in [1.29, 1.82) is 0 Å². The van der Waals surface area contributed by atoms with E-state index in [0.717, 1.165) is 0 Å². The minimum atomic E-state index is -0.575. The highest BCUT2D eigenvalue weighted by Gasteiger charge is 2.14. The first kappa shape index (κ1) is 13.5. The third kappa shape index (κ3) is 3.08. The van der Waals surface area contributed by atoms with Crippen molar-refractivity contribution in [3.63, 3.8) is 0 Å². The predicted octanol–water partition coefficient (Wildman–Crippen LogP) is 1.08. The van der Waals surface area contributed by atoms with E-state index < -0.39 is 11.9 Å². The minimum absolute atomic E-state index is 0.128. The average molecular weight is 281 g/mol. The van der Waals surface area contributed by atoms with Crippen molar-refractivity contribution >= 4 is 17.7 Å². The monoisotopic (exact) mass is 281 g/mol. The molecule has 2 rings (SSSR count). The average Bonchev–Trinajstić information content (AvgIpc) is 2.79. The van der Waals surface area contributed by atoms with Gasteiger partial charge in [-0.05, 0) is 13.0 Å². The molecule has 0 aromatic carbocycles. The summed E-state index contributed by atoms with van der Waals surface area (Å²) < 4.78 is 14.9. The number of pyridine rings is 1. The number of rotatable bonds is 5. The first-order valence-corrected chi connectivity index (χ1v) is 6.56. The summed E-state index contributed by atoms with van der Waals surface area (Å²) in [4.78, 5) is 14.3. The van der Waals surface area contributed by atoms with Crippen LogP contribution in [-0.2, 0) is 11.3 Å². The lowest BCUT2D eigenvalue weighted by Crippen LogP contribution is -2.13. The van der Waals surface area contributed by atoms with Crippen LogP contribution in [0.15, 0.2) is 23.5 Å². The van der Waals surface area contributed by atoms with E-state index in [-0.39, 0.29) is 5.75 Å². The number of halogens is 1. The molecule has 2 aromatic heterocycles. The van der Waals surface area contributed by atoms with E-state index in [1.165, 1.54) is 24.0 Å². The zero-order valence-electron chi connectivity index (χ0n) is 10.2. The van der Waals surface area contributed by atoms with Gasteiger partial charge in [0.25, 0.3) is 0 Å². The first-order valence-electron chi connectivity index (χ1n) is 5.58. The van der Waals surface area contributed by atoms with E-state index in [1.807, 2.05) is 6.92 Å². The summed E-state index contributed by atoms with van der Waals surface area (Å²) in [5, 5.41) is 8.59. The molecule has 0 aliphatic rings. The highest BCUT2D eigenvalue weighted by atomic mass is 32.2. The second-order valence-electron chi connectivity index (χ2n) is 3.67. The van der Waals surface area contributed by atoms with Gasteiger partial charge in [-0.1, -0.05) is 11.8 Å². The largest absolute Gasteiger partial charge is 0.369 e. The van der Waals surface area contributed by atoms with Gasteiger partial charge in [0.05, 0.1) is 5.75 Å². The molecule has 1 amide bonds. The summed E-state index contributed by atoms with van der Waals surface area (Å²) in [5.74, 6) is -0.333. The van der Waals surface area contributed by atoms with Gasteiger partial charge in [0, 0.05) is 24.4 Å². The zero-order valence-corrected chi connectivity index (χ0v) is 11.0. The van der Waals surface area contributed by atoms with Crippen LogP contribution >= 0.6 is 11.8 Å². The Morgan fingerprint density at radius 1 is 1.53 bits per heavy atom. The molecule has 0 saturated carbocycles. The van der Waals surface area contributed by atoms with Crippen LogP contribution in [0.5, 0.6) is 0 Å². The van der Waals surface area contributed by atoms with Crippen LogP contribution in [0.25, 0.3) is 11.4 Å². The van der Waals surface area contributed by atoms with Crippen LogP contribution in [0.3, 0.4) is 0 Å². The van der Waals surface area contributed by atoms with Gasteiger partial charge in [0.15, 0.2) is 11.0 Å². The van der Waals surface area contributed by atoms with E-state index in [2.05, 4.69) is 15.2 Å². The number of carbonyl (C=O) groups excluding carboxylic acids is 1. The summed E-state index contributed by atoms with van der Waals surface area (Å²) in [7, 11) is 0. The number of nitrogens with zero attached hydrogens (tertiary/aromatic N) is 4. The Kier molecular flexibility index (Phi) is 4.10. The normalized spacial score (nSPS) is 10.6. The summed E-state index contributed by atoms with van der Waals surface area (Å²) in [6.45, 7) is 2.52. The minimum Gasteiger partial charge on any atom is -0.369 e. The Balaban J connectivity index is 2.34. The van der Waals surface area contributed by atoms with Crippen molar-refractivity contribution in [2.45, 2.75) is 18.6 Å². The molecular weight excluding hydrogens is 269 g/mol. The molecule has 0 aliphatic heterocycles. The molecule has 8 heteroatoms. The Bertz CT molecular complexity index is 601. The number of hydrogen-bond acceptors (Lipinski definition) is 5. The lowest BCUT2D eigenvalue weighted by Gasteiger charge is -2.06. The highest BCUT2D eigenvalue weighted by Crippen LogP contribution is 2.23. The van der Waals surface area contributed by atoms with Crippen molar-refractivity contribution in [3.8, 4) is 11.4 Å². The molecular formula is C11H12FN5OS. The molecule has 6 nitrogen and oxygen atoms in total. The van der Waals surface area contributed by atoms with Crippen molar-refractivity contribution in [1.82, 2.24) is 19.7 Å². The first-order chi connectivity index (χ1) is 9.11. The number of hydrogen-bond donors (Lipinski definition) is 1. The van der Waals surface area contributed by atoms with Crippen LogP contribution in [0.4, 0.5) is 4.39 Å². The number of primary amides is 1. The van der Waals surface area contributed by atoms with E-state index in [9.17, 15) is 9.18 Å². The van der Waals surface area contributed by atoms with E-state index in [0.29, 0.717) is 23.1 Å². The second-order valence-corrected chi connectivity index (χ2v) is 4.62. The molecule has 2 N–H and O–H groups in total. The molecule has 19 heavy (non-hydrogen) atoms. The quantitative estimate of drug-likeness (QED) is 0.654. The lowest BCUT2D eigenvalue weighted by atomic mass is 10.2. The number of thioether (sulfide) groups is 1. The van der Waals surface area contributed by atoms with Crippen molar-refractivity contribution in [3.05, 3.63) is 24.3 Å². The fourth-order valence-corrected chi connectivity index (χ4v) is 2.31. The predicted molar refractivity (Wildman–Crippen MR) is 68.8 cm³/mol. The number of nitrogens with two attached hydrogens (primary N) is 1. The second kappa shape index (κ2) is 5.79. The van der Waals surface area contributed by atoms with Gasteiger partial charge in [-0.25, -0.2) is 4.98 Å². The third-order valence-corrected chi connectivity index (χ3v) is 3.35. The van der Waals surface area contributed by atoms with Gasteiger partial charge in [0.1, 0.15) is 0 Å². The molecule has 0 atom stereocenters. The van der Waals surface area contributed by atoms with Crippen molar-refractivity contribution in [2.24, 2.45) is 5.73 Å². The summed E-state index contributed by atoms with van der Waals surface area (Å²) in [5.41, 5.74) is 5.69. The van der Waals surface area contributed by atoms with Gasteiger partial charge in [-0.3, -0.25) is 4.79 Å². The number of aromatic nitrogens is 4. The standard InChI is InChI=1S/C11H12FN5OS/c1-2-17-10(7-3-4-14-8(12)5-7)15-16-11(17)19-6-9(13)18/h3-5H,2,6H2,1H3,(H2,13,18). The lowest BCUT2D eigenvalue weighted by molar-refractivity contribution is -0.115. The van der Waals surface area contributed by atoms with Crippen LogP contribution < -0.4 is 5.73 Å². The zero-order chi connectivity index (χ0) is 13.8. The number of carbonyl (C=O) groups is 1. The van der Waals surface area contributed by atoms with Gasteiger partial charge in [-0.15, -0.1) is 10.2 Å². The molecule has 2 heterocycles. The molecule has 0 aliphatic carbocycles. The summed E-state index contributed by atoms with van der Waals surface area (Å²) in [6, 6.07) is 2.94. The van der Waals surface area contributed by atoms with Gasteiger partial charge in [-0.2, -0.15) is 4.39 Å². The van der Waals surface area contributed by atoms with E-state index in [4.69, 9.17) is 5.73 Å². The smallest absolute Gasteiger partial charge is 0.227 e. The molecule has 0 bridgehead atoms. The summed E-state index contributed by atoms with van der Waals surface area (Å²) >= 11 is 1.20. The van der Waals surface area contributed by atoms with Gasteiger partial charge >= 0.3 is 0 Å².